The normalized spacial score (nSPS) is 16.7. The van der Waals surface area contributed by atoms with Gasteiger partial charge in [-0.2, -0.15) is 0 Å². The predicted molar refractivity (Wildman–Crippen MR) is 132 cm³/mol. The molecular weight excluding hydrogens is 499 g/mol. The average Bonchev–Trinajstić information content (AvgIpc) is 2.70. The molecule has 1 unspecified atom stereocenters. The number of benzene rings is 1. The smallest absolute Gasteiger partial charge is 0.215 e. The Bertz CT molecular complexity index is 734. The zero-order chi connectivity index (χ0) is 20.4. The van der Waals surface area contributed by atoms with Crippen molar-refractivity contribution in [1.29, 1.82) is 0 Å². The molecule has 6 nitrogen and oxygen atoms in total. The summed E-state index contributed by atoms with van der Waals surface area (Å²) >= 11 is 0. The molecule has 1 fully saturated rings. The lowest BCUT2D eigenvalue weighted by atomic mass is 9.85. The van der Waals surface area contributed by atoms with Crippen molar-refractivity contribution in [2.75, 3.05) is 14.1 Å². The molecule has 2 rings (SSSR count). The maximum atomic E-state index is 11.7. The van der Waals surface area contributed by atoms with Crippen LogP contribution in [0.5, 0.6) is 0 Å². The molecule has 0 aliphatic heterocycles. The minimum atomic E-state index is -3.26. The Hall–Kier alpha value is -0.870. The maximum Gasteiger partial charge on any atom is 0.215 e. The quantitative estimate of drug-likeness (QED) is 0.255. The zero-order valence-electron chi connectivity index (χ0n) is 17.9. The number of sulfonamides is 1. The van der Waals surface area contributed by atoms with Crippen LogP contribution in [0.1, 0.15) is 63.0 Å². The van der Waals surface area contributed by atoms with Crippen LogP contribution < -0.4 is 15.4 Å². The van der Waals surface area contributed by atoms with Gasteiger partial charge in [0.25, 0.3) is 0 Å². The number of hydrogen-bond donors (Lipinski definition) is 3. The van der Waals surface area contributed by atoms with E-state index in [0.717, 1.165) is 29.4 Å². The van der Waals surface area contributed by atoms with E-state index in [2.05, 4.69) is 27.3 Å². The summed E-state index contributed by atoms with van der Waals surface area (Å²) in [6.07, 6.45) is 9.41. The van der Waals surface area contributed by atoms with E-state index in [1.165, 1.54) is 45.6 Å². The van der Waals surface area contributed by atoms with Crippen LogP contribution in [0, 0.1) is 5.92 Å². The first-order valence-corrected chi connectivity index (χ1v) is 12.0. The van der Waals surface area contributed by atoms with Crippen LogP contribution in [-0.4, -0.2) is 34.5 Å². The van der Waals surface area contributed by atoms with E-state index in [4.69, 9.17) is 0 Å². The molecule has 1 aromatic rings. The number of hydrogen-bond acceptors (Lipinski definition) is 3. The van der Waals surface area contributed by atoms with Gasteiger partial charge in [0, 0.05) is 19.6 Å². The van der Waals surface area contributed by atoms with Crippen LogP contribution in [0.2, 0.25) is 0 Å². The highest BCUT2D eigenvalue weighted by Gasteiger charge is 2.15. The van der Waals surface area contributed by atoms with Gasteiger partial charge in [-0.3, -0.25) is 4.99 Å². The van der Waals surface area contributed by atoms with Gasteiger partial charge in [0.1, 0.15) is 0 Å². The van der Waals surface area contributed by atoms with Gasteiger partial charge in [0.2, 0.25) is 10.0 Å². The molecule has 1 aliphatic rings. The van der Waals surface area contributed by atoms with E-state index in [1.807, 2.05) is 24.3 Å². The second-order valence-corrected chi connectivity index (χ2v) is 9.76. The summed E-state index contributed by atoms with van der Waals surface area (Å²) in [6, 6.07) is 8.00. The van der Waals surface area contributed by atoms with Crippen molar-refractivity contribution < 1.29 is 8.42 Å². The van der Waals surface area contributed by atoms with Gasteiger partial charge in [-0.1, -0.05) is 56.4 Å². The Morgan fingerprint density at radius 3 is 2.55 bits per heavy atom. The van der Waals surface area contributed by atoms with Crippen LogP contribution in [0.3, 0.4) is 0 Å². The molecule has 1 saturated carbocycles. The van der Waals surface area contributed by atoms with Gasteiger partial charge < -0.3 is 10.6 Å². The average molecular weight is 537 g/mol. The third-order valence-corrected chi connectivity index (χ3v) is 6.79. The number of aliphatic imine (C=N–C) groups is 1. The molecule has 1 atom stereocenters. The highest BCUT2D eigenvalue weighted by Crippen LogP contribution is 2.27. The van der Waals surface area contributed by atoms with Crippen LogP contribution in [0.25, 0.3) is 0 Å². The third kappa shape index (κ3) is 10.1. The largest absolute Gasteiger partial charge is 0.354 e. The molecule has 0 amide bonds. The van der Waals surface area contributed by atoms with Crippen molar-refractivity contribution in [3.63, 3.8) is 0 Å². The molecule has 8 heteroatoms. The van der Waals surface area contributed by atoms with Gasteiger partial charge in [0.15, 0.2) is 5.96 Å². The lowest BCUT2D eigenvalue weighted by molar-refractivity contribution is 0.322. The van der Waals surface area contributed by atoms with Crippen LogP contribution in [-0.2, 0) is 22.3 Å². The molecule has 29 heavy (non-hydrogen) atoms. The fourth-order valence-corrected chi connectivity index (χ4v) is 4.53. The van der Waals surface area contributed by atoms with Crippen molar-refractivity contribution in [3.05, 3.63) is 35.4 Å². The molecule has 1 aliphatic carbocycles. The molecule has 166 valence electrons. The molecular formula is C21H37IN4O2S. The monoisotopic (exact) mass is 536 g/mol. The Kier molecular flexibility index (Phi) is 12.1. The van der Waals surface area contributed by atoms with E-state index in [1.54, 1.807) is 7.05 Å². The van der Waals surface area contributed by atoms with E-state index in [-0.39, 0.29) is 29.7 Å². The Morgan fingerprint density at radius 1 is 1.21 bits per heavy atom. The number of nitrogens with one attached hydrogen (secondary N) is 3. The van der Waals surface area contributed by atoms with Gasteiger partial charge in [0.05, 0.1) is 5.75 Å². The topological polar surface area (TPSA) is 82.6 Å². The van der Waals surface area contributed by atoms with Crippen molar-refractivity contribution in [3.8, 4) is 0 Å². The van der Waals surface area contributed by atoms with Crippen LogP contribution in [0.15, 0.2) is 29.3 Å². The summed E-state index contributed by atoms with van der Waals surface area (Å²) in [5.74, 6) is 1.66. The van der Waals surface area contributed by atoms with Crippen molar-refractivity contribution in [2.24, 2.45) is 10.9 Å². The van der Waals surface area contributed by atoms with Gasteiger partial charge >= 0.3 is 0 Å². The Morgan fingerprint density at radius 2 is 1.90 bits per heavy atom. The van der Waals surface area contributed by atoms with Gasteiger partial charge in [-0.05, 0) is 43.9 Å². The zero-order valence-corrected chi connectivity index (χ0v) is 21.1. The van der Waals surface area contributed by atoms with E-state index in [0.29, 0.717) is 12.6 Å². The molecule has 0 bridgehead atoms. The minimum absolute atomic E-state index is 0. The number of guanidine groups is 1. The predicted octanol–water partition coefficient (Wildman–Crippen LogP) is 3.77. The maximum absolute atomic E-state index is 11.7. The number of nitrogens with zero attached hydrogens (tertiary/aromatic N) is 1. The lowest BCUT2D eigenvalue weighted by Crippen LogP contribution is -2.42. The molecule has 0 spiro atoms. The molecule has 3 N–H and O–H groups in total. The fourth-order valence-electron chi connectivity index (χ4n) is 3.77. The van der Waals surface area contributed by atoms with Crippen molar-refractivity contribution in [1.82, 2.24) is 15.4 Å². The van der Waals surface area contributed by atoms with Crippen LogP contribution in [0.4, 0.5) is 0 Å². The summed E-state index contributed by atoms with van der Waals surface area (Å²) in [5.41, 5.74) is 1.80. The van der Waals surface area contributed by atoms with Gasteiger partial charge in [-0.25, -0.2) is 13.1 Å². The summed E-state index contributed by atoms with van der Waals surface area (Å²) in [5, 5.41) is 6.80. The first-order chi connectivity index (χ1) is 13.4. The summed E-state index contributed by atoms with van der Waals surface area (Å²) < 4.78 is 25.8. The SMILES string of the molecule is CN=C(NCc1cccc(CS(=O)(=O)NC)c1)NC(C)CCC1CCCCC1.I. The lowest BCUT2D eigenvalue weighted by Gasteiger charge is -2.24. The fraction of sp³-hybridized carbons (Fsp3) is 0.667. The molecule has 0 radical (unpaired) electrons. The van der Waals surface area contributed by atoms with E-state index >= 15 is 0 Å². The van der Waals surface area contributed by atoms with Gasteiger partial charge in [-0.15, -0.1) is 24.0 Å². The molecule has 0 heterocycles. The van der Waals surface area contributed by atoms with Crippen LogP contribution >= 0.6 is 24.0 Å². The third-order valence-electron chi connectivity index (χ3n) is 5.46. The molecule has 0 saturated heterocycles. The molecule has 1 aromatic carbocycles. The van der Waals surface area contributed by atoms with E-state index < -0.39 is 10.0 Å². The number of rotatable bonds is 9. The Labute approximate surface area is 193 Å². The minimum Gasteiger partial charge on any atom is -0.354 e. The Balaban J connectivity index is 0.00000420. The second-order valence-electron chi connectivity index (χ2n) is 7.84. The number of halogens is 1. The summed E-state index contributed by atoms with van der Waals surface area (Å²) in [4.78, 5) is 4.32. The van der Waals surface area contributed by atoms with E-state index in [9.17, 15) is 8.42 Å². The first-order valence-electron chi connectivity index (χ1n) is 10.4. The summed E-state index contributed by atoms with van der Waals surface area (Å²) in [6.45, 7) is 2.81. The second kappa shape index (κ2) is 13.4. The standard InChI is InChI=1S/C21H36N4O2S.HI/c1-17(12-13-18-8-5-4-6-9-18)25-21(22-2)24-15-19-10-7-11-20(14-19)16-28(26,27)23-3;/h7,10-11,14,17-18,23H,4-6,8-9,12-13,15-16H2,1-3H3,(H2,22,24,25);1H. The highest BCUT2D eigenvalue weighted by atomic mass is 127. The van der Waals surface area contributed by atoms with Crippen molar-refractivity contribution in [2.45, 2.75) is 70.2 Å². The highest BCUT2D eigenvalue weighted by molar-refractivity contribution is 14.0. The molecule has 0 aromatic heterocycles. The first kappa shape index (κ1) is 26.2. The summed E-state index contributed by atoms with van der Waals surface area (Å²) in [7, 11) is -0.0502. The van der Waals surface area contributed by atoms with Crippen molar-refractivity contribution >= 4 is 40.0 Å².